The molecule has 0 amide bonds. The third-order valence-electron chi connectivity index (χ3n) is 4.00. The zero-order valence-corrected chi connectivity index (χ0v) is 15.4. The molecule has 0 spiro atoms. The highest BCUT2D eigenvalue weighted by Crippen LogP contribution is 2.23. The Morgan fingerprint density at radius 3 is 2.12 bits per heavy atom. The van der Waals surface area contributed by atoms with Crippen LogP contribution in [0.25, 0.3) is 0 Å². The smallest absolute Gasteiger partial charge is 0.241 e. The molecule has 0 fully saturated rings. The van der Waals surface area contributed by atoms with Gasteiger partial charge >= 0.3 is 0 Å². The number of aromatic hydroxyl groups is 1. The van der Waals surface area contributed by atoms with E-state index in [-0.39, 0.29) is 10.6 Å². The molecule has 0 aromatic heterocycles. The van der Waals surface area contributed by atoms with Crippen LogP contribution < -0.4 is 4.72 Å². The first-order chi connectivity index (χ1) is 12.4. The molecule has 3 aromatic carbocycles. The molecule has 26 heavy (non-hydrogen) atoms. The molecule has 1 unspecified atom stereocenters. The molecule has 0 heterocycles. The molecule has 6 heteroatoms. The molecule has 0 saturated carbocycles. The number of hydrogen-bond donors (Lipinski definition) is 2. The molecule has 0 aliphatic carbocycles. The number of rotatable bonds is 6. The lowest BCUT2D eigenvalue weighted by Crippen LogP contribution is -2.30. The number of phenolic OH excluding ortho intramolecular Hbond substituents is 1. The predicted molar refractivity (Wildman–Crippen MR) is 103 cm³/mol. The van der Waals surface area contributed by atoms with Crippen molar-refractivity contribution >= 4 is 21.6 Å². The Hall–Kier alpha value is -2.34. The topological polar surface area (TPSA) is 66.4 Å². The zero-order chi connectivity index (χ0) is 18.6. The van der Waals surface area contributed by atoms with Crippen LogP contribution in [0.15, 0.2) is 83.8 Å². The Labute approximate surface area is 158 Å². The van der Waals surface area contributed by atoms with Gasteiger partial charge in [-0.25, -0.2) is 13.1 Å². The maximum atomic E-state index is 12.8. The lowest BCUT2D eigenvalue weighted by atomic mass is 10.00. The van der Waals surface area contributed by atoms with Crippen LogP contribution in [0.3, 0.4) is 0 Å². The number of phenols is 1. The van der Waals surface area contributed by atoms with Crippen molar-refractivity contribution < 1.29 is 13.5 Å². The monoisotopic (exact) mass is 387 g/mol. The number of hydrogen-bond acceptors (Lipinski definition) is 3. The molecule has 3 rings (SSSR count). The summed E-state index contributed by atoms with van der Waals surface area (Å²) in [4.78, 5) is 0.161. The molecular formula is C20H18ClNO3S. The predicted octanol–water partition coefficient (Wildman–Crippen LogP) is 4.31. The summed E-state index contributed by atoms with van der Waals surface area (Å²) in [5.41, 5.74) is 1.77. The van der Waals surface area contributed by atoms with Gasteiger partial charge in [-0.1, -0.05) is 54.1 Å². The molecule has 0 radical (unpaired) electrons. The van der Waals surface area contributed by atoms with Crippen molar-refractivity contribution in [1.29, 1.82) is 0 Å². The highest BCUT2D eigenvalue weighted by Gasteiger charge is 2.21. The van der Waals surface area contributed by atoms with Crippen molar-refractivity contribution in [3.63, 3.8) is 0 Å². The van der Waals surface area contributed by atoms with Gasteiger partial charge in [-0.15, -0.1) is 0 Å². The second kappa shape index (κ2) is 7.91. The first kappa shape index (κ1) is 18.5. The summed E-state index contributed by atoms with van der Waals surface area (Å²) in [6.07, 6.45) is 0.455. The largest absolute Gasteiger partial charge is 0.508 e. The molecule has 1 atom stereocenters. The summed E-state index contributed by atoms with van der Waals surface area (Å²) in [5.74, 6) is 0.173. The fraction of sp³-hybridized carbons (Fsp3) is 0.100. The van der Waals surface area contributed by atoms with E-state index in [1.807, 2.05) is 30.3 Å². The van der Waals surface area contributed by atoms with Gasteiger partial charge in [0, 0.05) is 5.02 Å². The Kier molecular flexibility index (Phi) is 5.61. The molecule has 0 saturated heterocycles. The summed E-state index contributed by atoms with van der Waals surface area (Å²) in [6.45, 7) is 0. The minimum Gasteiger partial charge on any atom is -0.508 e. The van der Waals surface area contributed by atoms with Gasteiger partial charge < -0.3 is 5.11 Å². The number of nitrogens with one attached hydrogen (secondary N) is 1. The van der Waals surface area contributed by atoms with Crippen molar-refractivity contribution in [2.24, 2.45) is 0 Å². The second-order valence-corrected chi connectivity index (χ2v) is 8.06. The van der Waals surface area contributed by atoms with E-state index in [2.05, 4.69) is 4.72 Å². The van der Waals surface area contributed by atoms with Gasteiger partial charge in [0.15, 0.2) is 0 Å². The van der Waals surface area contributed by atoms with Crippen LogP contribution in [0.4, 0.5) is 0 Å². The number of halogens is 1. The van der Waals surface area contributed by atoms with Crippen molar-refractivity contribution in [2.45, 2.75) is 17.4 Å². The maximum absolute atomic E-state index is 12.8. The molecule has 134 valence electrons. The van der Waals surface area contributed by atoms with Crippen molar-refractivity contribution in [1.82, 2.24) is 4.72 Å². The van der Waals surface area contributed by atoms with Crippen LogP contribution in [-0.2, 0) is 16.4 Å². The van der Waals surface area contributed by atoms with Crippen LogP contribution in [0.1, 0.15) is 17.2 Å². The van der Waals surface area contributed by atoms with E-state index in [4.69, 9.17) is 11.6 Å². The third-order valence-corrected chi connectivity index (χ3v) is 5.74. The van der Waals surface area contributed by atoms with E-state index in [9.17, 15) is 13.5 Å². The minimum absolute atomic E-state index is 0.161. The highest BCUT2D eigenvalue weighted by molar-refractivity contribution is 7.89. The quantitative estimate of drug-likeness (QED) is 0.662. The van der Waals surface area contributed by atoms with Crippen molar-refractivity contribution in [3.8, 4) is 5.75 Å². The lowest BCUT2D eigenvalue weighted by Gasteiger charge is -2.20. The van der Waals surface area contributed by atoms with E-state index >= 15 is 0 Å². The molecule has 0 aliphatic heterocycles. The fourth-order valence-corrected chi connectivity index (χ4v) is 4.00. The highest BCUT2D eigenvalue weighted by atomic mass is 35.5. The van der Waals surface area contributed by atoms with Gasteiger partial charge in [-0.05, 0) is 53.9 Å². The summed E-state index contributed by atoms with van der Waals surface area (Å²) in [5, 5.41) is 9.92. The van der Waals surface area contributed by atoms with Gasteiger partial charge in [-0.3, -0.25) is 0 Å². The van der Waals surface area contributed by atoms with Crippen LogP contribution >= 0.6 is 11.6 Å². The van der Waals surface area contributed by atoms with E-state index in [0.717, 1.165) is 11.1 Å². The van der Waals surface area contributed by atoms with E-state index in [0.29, 0.717) is 11.4 Å². The summed E-state index contributed by atoms with van der Waals surface area (Å²) >= 11 is 5.85. The van der Waals surface area contributed by atoms with Gasteiger partial charge in [0.05, 0.1) is 10.9 Å². The molecule has 0 bridgehead atoms. The summed E-state index contributed by atoms with van der Waals surface area (Å²) < 4.78 is 28.3. The van der Waals surface area contributed by atoms with Crippen LogP contribution in [0.5, 0.6) is 5.75 Å². The van der Waals surface area contributed by atoms with Crippen LogP contribution in [0.2, 0.25) is 5.02 Å². The molecule has 2 N–H and O–H groups in total. The molecule has 0 aliphatic rings. The maximum Gasteiger partial charge on any atom is 0.241 e. The molecular weight excluding hydrogens is 370 g/mol. The second-order valence-electron chi connectivity index (χ2n) is 5.91. The van der Waals surface area contributed by atoms with Crippen LogP contribution in [0, 0.1) is 0 Å². The van der Waals surface area contributed by atoms with E-state index in [1.165, 1.54) is 12.1 Å². The van der Waals surface area contributed by atoms with Crippen molar-refractivity contribution in [3.05, 3.63) is 95.0 Å². The fourth-order valence-electron chi connectivity index (χ4n) is 2.65. The van der Waals surface area contributed by atoms with Gasteiger partial charge in [-0.2, -0.15) is 0 Å². The average Bonchev–Trinajstić information content (AvgIpc) is 2.64. The van der Waals surface area contributed by atoms with E-state index in [1.54, 1.807) is 36.4 Å². The summed E-state index contributed by atoms with van der Waals surface area (Å²) in [7, 11) is -3.71. The third kappa shape index (κ3) is 4.64. The van der Waals surface area contributed by atoms with Gasteiger partial charge in [0.25, 0.3) is 0 Å². The number of benzene rings is 3. The van der Waals surface area contributed by atoms with Crippen LogP contribution in [-0.4, -0.2) is 13.5 Å². The first-order valence-corrected chi connectivity index (χ1v) is 9.91. The normalized spacial score (nSPS) is 12.7. The summed E-state index contributed by atoms with van der Waals surface area (Å²) in [6, 6.07) is 21.7. The Morgan fingerprint density at radius 2 is 1.50 bits per heavy atom. The first-order valence-electron chi connectivity index (χ1n) is 8.05. The SMILES string of the molecule is O=S(=O)(NC(Cc1ccc(O)cc1)c1ccccc1)c1ccc(Cl)cc1. The average molecular weight is 388 g/mol. The Bertz CT molecular complexity index is 956. The number of sulfonamides is 1. The Morgan fingerprint density at radius 1 is 0.885 bits per heavy atom. The zero-order valence-electron chi connectivity index (χ0n) is 13.8. The van der Waals surface area contributed by atoms with Crippen molar-refractivity contribution in [2.75, 3.05) is 0 Å². The standard InChI is InChI=1S/C20H18ClNO3S/c21-17-8-12-19(13-9-17)26(24,25)22-20(16-4-2-1-3-5-16)14-15-6-10-18(23)11-7-15/h1-13,20,22-23H,14H2. The van der Waals surface area contributed by atoms with Gasteiger partial charge in [0.2, 0.25) is 10.0 Å². The van der Waals surface area contributed by atoms with Gasteiger partial charge in [0.1, 0.15) is 5.75 Å². The molecule has 3 aromatic rings. The Balaban J connectivity index is 1.90. The van der Waals surface area contributed by atoms with E-state index < -0.39 is 16.1 Å². The minimum atomic E-state index is -3.71. The lowest BCUT2D eigenvalue weighted by molar-refractivity contribution is 0.475. The molecule has 4 nitrogen and oxygen atoms in total.